The lowest BCUT2D eigenvalue weighted by Gasteiger charge is -2.11. The van der Waals surface area contributed by atoms with Gasteiger partial charge in [-0.3, -0.25) is 0 Å². The first-order chi connectivity index (χ1) is 16.2. The zero-order valence-corrected chi connectivity index (χ0v) is 22.0. The van der Waals surface area contributed by atoms with Crippen LogP contribution < -0.4 is 9.47 Å². The van der Waals surface area contributed by atoms with E-state index in [0.717, 1.165) is 0 Å². The first-order valence-electron chi connectivity index (χ1n) is 9.58. The molecule has 0 bridgehead atoms. The van der Waals surface area contributed by atoms with Crippen molar-refractivity contribution in [2.75, 3.05) is 7.11 Å². The highest BCUT2D eigenvalue weighted by Crippen LogP contribution is 2.36. The van der Waals surface area contributed by atoms with Crippen LogP contribution in [0.4, 0.5) is 0 Å². The first-order valence-corrected chi connectivity index (χ1v) is 11.9. The fourth-order valence-electron chi connectivity index (χ4n) is 3.01. The van der Waals surface area contributed by atoms with E-state index in [2.05, 4.69) is 36.9 Å². The van der Waals surface area contributed by atoms with Gasteiger partial charge >= 0.3 is 11.9 Å². The fourth-order valence-corrected chi connectivity index (χ4v) is 4.84. The van der Waals surface area contributed by atoms with Crippen LogP contribution in [0, 0.1) is 0 Å². The van der Waals surface area contributed by atoms with Gasteiger partial charge in [0.25, 0.3) is 0 Å². The quantitative estimate of drug-likeness (QED) is 0.172. The molecule has 0 aromatic heterocycles. The second-order valence-corrected chi connectivity index (χ2v) is 9.50. The van der Waals surface area contributed by atoms with Crippen molar-refractivity contribution >= 4 is 79.0 Å². The molecular formula is C24H13Br2Cl2NO5. The number of aliphatic imine (C=N–C) groups is 1. The molecule has 0 atom stereocenters. The average molecular weight is 626 g/mol. The third kappa shape index (κ3) is 5.36. The van der Waals surface area contributed by atoms with Crippen molar-refractivity contribution in [1.82, 2.24) is 0 Å². The lowest BCUT2D eigenvalue weighted by molar-refractivity contribution is -0.129. The van der Waals surface area contributed by atoms with Gasteiger partial charge < -0.3 is 14.2 Å². The maximum Gasteiger partial charge on any atom is 0.363 e. The van der Waals surface area contributed by atoms with E-state index in [0.29, 0.717) is 41.4 Å². The van der Waals surface area contributed by atoms with E-state index in [9.17, 15) is 9.59 Å². The predicted octanol–water partition coefficient (Wildman–Crippen LogP) is 7.09. The molecule has 10 heteroatoms. The summed E-state index contributed by atoms with van der Waals surface area (Å²) in [7, 11) is 1.54. The van der Waals surface area contributed by atoms with Crippen molar-refractivity contribution < 1.29 is 23.8 Å². The van der Waals surface area contributed by atoms with Gasteiger partial charge in [-0.2, -0.15) is 0 Å². The van der Waals surface area contributed by atoms with E-state index in [4.69, 9.17) is 37.4 Å². The molecular weight excluding hydrogens is 613 g/mol. The Morgan fingerprint density at radius 3 is 2.47 bits per heavy atom. The molecule has 3 aromatic carbocycles. The van der Waals surface area contributed by atoms with Gasteiger partial charge in [0, 0.05) is 15.1 Å². The van der Waals surface area contributed by atoms with Crippen LogP contribution in [0.3, 0.4) is 0 Å². The van der Waals surface area contributed by atoms with Gasteiger partial charge in [-0.1, -0.05) is 39.1 Å². The Balaban J connectivity index is 1.69. The molecule has 0 saturated carbocycles. The Labute approximate surface area is 221 Å². The molecule has 0 fully saturated rings. The summed E-state index contributed by atoms with van der Waals surface area (Å²) in [6.07, 6.45) is 1.46. The summed E-state index contributed by atoms with van der Waals surface area (Å²) in [6, 6.07) is 14.6. The number of hydrogen-bond donors (Lipinski definition) is 0. The summed E-state index contributed by atoms with van der Waals surface area (Å²) in [5.41, 5.74) is 1.17. The van der Waals surface area contributed by atoms with Crippen LogP contribution in [0.15, 0.2) is 74.2 Å². The minimum Gasteiger partial charge on any atom is -0.497 e. The normalized spacial score (nSPS) is 14.1. The second kappa shape index (κ2) is 10.3. The molecule has 0 radical (unpaired) electrons. The van der Waals surface area contributed by atoms with Crippen molar-refractivity contribution in [2.24, 2.45) is 4.99 Å². The molecule has 0 saturated heterocycles. The van der Waals surface area contributed by atoms with Crippen molar-refractivity contribution in [1.29, 1.82) is 0 Å². The van der Waals surface area contributed by atoms with Gasteiger partial charge in [0.1, 0.15) is 5.75 Å². The molecule has 3 aromatic rings. The van der Waals surface area contributed by atoms with Gasteiger partial charge in [-0.25, -0.2) is 14.6 Å². The van der Waals surface area contributed by atoms with Gasteiger partial charge in [0.2, 0.25) is 5.90 Å². The number of esters is 2. The maximum absolute atomic E-state index is 12.7. The maximum atomic E-state index is 12.7. The largest absolute Gasteiger partial charge is 0.497 e. The minimum atomic E-state index is -0.676. The van der Waals surface area contributed by atoms with Gasteiger partial charge in [0.15, 0.2) is 11.4 Å². The third-order valence-electron chi connectivity index (χ3n) is 4.63. The standard InChI is InChI=1S/C24H13Br2Cl2NO5/c1-32-16-5-2-12(3-6-16)23(30)33-21-13(8-14(25)10-18(21)26)9-20-24(31)34-22(29-20)17-7-4-15(27)11-19(17)28/h2-11H,1H3/b20-9-. The molecule has 0 spiro atoms. The van der Waals surface area contributed by atoms with Crippen LogP contribution in [-0.4, -0.2) is 24.9 Å². The number of halogens is 4. The summed E-state index contributed by atoms with van der Waals surface area (Å²) in [4.78, 5) is 29.5. The number of ether oxygens (including phenoxy) is 3. The van der Waals surface area contributed by atoms with Crippen LogP contribution >= 0.6 is 55.1 Å². The molecule has 1 aliphatic heterocycles. The summed E-state index contributed by atoms with van der Waals surface area (Å²) >= 11 is 19.0. The molecule has 1 aliphatic rings. The van der Waals surface area contributed by atoms with E-state index in [1.165, 1.54) is 19.3 Å². The summed E-state index contributed by atoms with van der Waals surface area (Å²) in [5.74, 6) is -0.400. The van der Waals surface area contributed by atoms with Crippen molar-refractivity contribution in [2.45, 2.75) is 0 Å². The number of hydrogen-bond acceptors (Lipinski definition) is 6. The highest BCUT2D eigenvalue weighted by Gasteiger charge is 2.27. The minimum absolute atomic E-state index is 0.00719. The second-order valence-electron chi connectivity index (χ2n) is 6.88. The van der Waals surface area contributed by atoms with Crippen molar-refractivity contribution in [3.8, 4) is 11.5 Å². The van der Waals surface area contributed by atoms with E-state index < -0.39 is 11.9 Å². The Kier molecular flexibility index (Phi) is 7.42. The number of benzene rings is 3. The number of carbonyl (C=O) groups excluding carboxylic acids is 2. The smallest absolute Gasteiger partial charge is 0.363 e. The number of carbonyl (C=O) groups is 2. The number of rotatable bonds is 5. The number of nitrogens with zero attached hydrogens (tertiary/aromatic N) is 1. The summed E-state index contributed by atoms with van der Waals surface area (Å²) in [6.45, 7) is 0. The number of methoxy groups -OCH3 is 1. The lowest BCUT2D eigenvalue weighted by atomic mass is 10.1. The Morgan fingerprint density at radius 1 is 1.06 bits per heavy atom. The molecule has 1 heterocycles. The Bertz CT molecular complexity index is 1370. The zero-order valence-electron chi connectivity index (χ0n) is 17.3. The van der Waals surface area contributed by atoms with Crippen LogP contribution in [0.25, 0.3) is 6.08 Å². The van der Waals surface area contributed by atoms with Crippen LogP contribution in [0.1, 0.15) is 21.5 Å². The summed E-state index contributed by atoms with van der Waals surface area (Å²) in [5, 5.41) is 0.733. The monoisotopic (exact) mass is 623 g/mol. The Morgan fingerprint density at radius 2 is 1.79 bits per heavy atom. The van der Waals surface area contributed by atoms with E-state index >= 15 is 0 Å². The SMILES string of the molecule is COc1ccc(C(=O)Oc2c(Br)cc(Br)cc2/C=C2\N=C(c3ccc(Cl)cc3Cl)OC2=O)cc1. The molecule has 6 nitrogen and oxygen atoms in total. The molecule has 0 N–H and O–H groups in total. The van der Waals surface area contributed by atoms with Crippen LogP contribution in [0.2, 0.25) is 10.0 Å². The molecule has 172 valence electrons. The van der Waals surface area contributed by atoms with E-state index in [1.807, 2.05) is 0 Å². The van der Waals surface area contributed by atoms with Crippen LogP contribution in [-0.2, 0) is 9.53 Å². The third-order valence-corrected chi connectivity index (χ3v) is 6.23. The van der Waals surface area contributed by atoms with E-state index in [-0.39, 0.29) is 17.3 Å². The number of cyclic esters (lactones) is 1. The van der Waals surface area contributed by atoms with Crippen molar-refractivity contribution in [3.05, 3.63) is 96.0 Å². The molecule has 0 unspecified atom stereocenters. The Hall–Kier alpha value is -2.65. The lowest BCUT2D eigenvalue weighted by Crippen LogP contribution is -2.10. The van der Waals surface area contributed by atoms with E-state index in [1.54, 1.807) is 48.5 Å². The average Bonchev–Trinajstić information content (AvgIpc) is 3.15. The molecule has 34 heavy (non-hydrogen) atoms. The first kappa shape index (κ1) is 24.5. The van der Waals surface area contributed by atoms with Gasteiger partial charge in [0.05, 0.1) is 27.7 Å². The van der Waals surface area contributed by atoms with Gasteiger partial charge in [-0.05, 0) is 76.6 Å². The topological polar surface area (TPSA) is 74.2 Å². The molecule has 0 aliphatic carbocycles. The summed E-state index contributed by atoms with van der Waals surface area (Å²) < 4.78 is 17.2. The highest BCUT2D eigenvalue weighted by molar-refractivity contribution is 9.11. The molecule has 4 rings (SSSR count). The van der Waals surface area contributed by atoms with Gasteiger partial charge in [-0.15, -0.1) is 0 Å². The van der Waals surface area contributed by atoms with Crippen molar-refractivity contribution in [3.63, 3.8) is 0 Å². The zero-order chi connectivity index (χ0) is 24.4. The van der Waals surface area contributed by atoms with Crippen LogP contribution in [0.5, 0.6) is 11.5 Å². The highest BCUT2D eigenvalue weighted by atomic mass is 79.9. The molecule has 0 amide bonds. The fraction of sp³-hybridized carbons (Fsp3) is 0.0417. The predicted molar refractivity (Wildman–Crippen MR) is 137 cm³/mol.